The zero-order chi connectivity index (χ0) is 15.9. The highest BCUT2D eigenvalue weighted by Crippen LogP contribution is 2.15. The van der Waals surface area contributed by atoms with E-state index in [1.807, 2.05) is 30.3 Å². The lowest BCUT2D eigenvalue weighted by Crippen LogP contribution is -2.27. The smallest absolute Gasteiger partial charge is 0.233 e. The van der Waals surface area contributed by atoms with E-state index in [-0.39, 0.29) is 5.69 Å². The average Bonchev–Trinajstić information content (AvgIpc) is 2.49. The number of amides is 2. The molecule has 0 aliphatic rings. The minimum atomic E-state index is -0.891. The first-order chi connectivity index (χ1) is 10.5. The molecule has 0 unspecified atom stereocenters. The zero-order valence-corrected chi connectivity index (χ0v) is 11.6. The molecule has 0 spiro atoms. The van der Waals surface area contributed by atoms with Crippen LogP contribution in [0.2, 0.25) is 0 Å². The van der Waals surface area contributed by atoms with Crippen molar-refractivity contribution in [3.8, 4) is 0 Å². The summed E-state index contributed by atoms with van der Waals surface area (Å²) in [7, 11) is 0. The average molecular weight is 304 g/mol. The molecule has 114 valence electrons. The summed E-state index contributed by atoms with van der Waals surface area (Å²) in [5.74, 6) is -2.78. The van der Waals surface area contributed by atoms with Crippen LogP contribution in [0.25, 0.3) is 0 Å². The van der Waals surface area contributed by atoms with Crippen LogP contribution in [-0.2, 0) is 16.1 Å². The number of carbonyl (C=O) groups is 2. The molecule has 0 atom stereocenters. The van der Waals surface area contributed by atoms with Crippen molar-refractivity contribution in [3.05, 3.63) is 65.7 Å². The summed E-state index contributed by atoms with van der Waals surface area (Å²) in [5, 5.41) is 4.81. The van der Waals surface area contributed by atoms with E-state index in [9.17, 15) is 18.4 Å². The lowest BCUT2D eigenvalue weighted by molar-refractivity contribution is -0.126. The van der Waals surface area contributed by atoms with Gasteiger partial charge in [0, 0.05) is 12.6 Å². The van der Waals surface area contributed by atoms with Crippen LogP contribution in [0.5, 0.6) is 0 Å². The molecule has 0 aliphatic carbocycles. The van der Waals surface area contributed by atoms with Crippen LogP contribution >= 0.6 is 0 Å². The molecule has 22 heavy (non-hydrogen) atoms. The molecule has 0 aliphatic heterocycles. The highest BCUT2D eigenvalue weighted by Gasteiger charge is 2.12. The summed E-state index contributed by atoms with van der Waals surface area (Å²) in [6.07, 6.45) is -0.441. The maximum atomic E-state index is 13.4. The van der Waals surface area contributed by atoms with Crippen molar-refractivity contribution in [2.75, 3.05) is 5.32 Å². The molecule has 2 aromatic carbocycles. The first-order valence-electron chi connectivity index (χ1n) is 6.60. The van der Waals surface area contributed by atoms with Crippen molar-refractivity contribution >= 4 is 17.5 Å². The molecule has 0 radical (unpaired) electrons. The molecule has 0 heterocycles. The molecule has 2 N–H and O–H groups in total. The van der Waals surface area contributed by atoms with Crippen LogP contribution < -0.4 is 10.6 Å². The number of benzene rings is 2. The van der Waals surface area contributed by atoms with Gasteiger partial charge in [0.1, 0.15) is 18.1 Å². The number of halogens is 2. The predicted octanol–water partition coefficient (Wildman–Crippen LogP) is 2.61. The van der Waals surface area contributed by atoms with Gasteiger partial charge in [-0.15, -0.1) is 0 Å². The zero-order valence-electron chi connectivity index (χ0n) is 11.6. The molecule has 0 saturated heterocycles. The van der Waals surface area contributed by atoms with E-state index in [1.165, 1.54) is 0 Å². The van der Waals surface area contributed by atoms with Gasteiger partial charge >= 0.3 is 0 Å². The van der Waals surface area contributed by atoms with Gasteiger partial charge in [-0.2, -0.15) is 0 Å². The van der Waals surface area contributed by atoms with Gasteiger partial charge in [-0.3, -0.25) is 9.59 Å². The van der Waals surface area contributed by atoms with Crippen molar-refractivity contribution in [1.29, 1.82) is 0 Å². The second kappa shape index (κ2) is 7.31. The first kappa shape index (κ1) is 15.6. The third-order valence-electron chi connectivity index (χ3n) is 2.86. The van der Waals surface area contributed by atoms with Crippen molar-refractivity contribution in [2.24, 2.45) is 0 Å². The summed E-state index contributed by atoms with van der Waals surface area (Å²) in [6.45, 7) is 0.303. The van der Waals surface area contributed by atoms with Gasteiger partial charge in [-0.25, -0.2) is 8.78 Å². The maximum Gasteiger partial charge on any atom is 0.233 e. The summed E-state index contributed by atoms with van der Waals surface area (Å²) >= 11 is 0. The summed E-state index contributed by atoms with van der Waals surface area (Å²) in [5.41, 5.74) is 0.739. The Labute approximate surface area is 126 Å². The topological polar surface area (TPSA) is 58.2 Å². The second-order valence-electron chi connectivity index (χ2n) is 4.61. The Kier molecular flexibility index (Phi) is 5.19. The third kappa shape index (κ3) is 4.66. The van der Waals surface area contributed by atoms with Crippen LogP contribution in [0.1, 0.15) is 12.0 Å². The van der Waals surface area contributed by atoms with Crippen LogP contribution in [-0.4, -0.2) is 11.8 Å². The standard InChI is InChI=1S/C16H14F2N2O2/c17-12-6-7-14(13(18)8-12)20-16(22)9-15(21)19-10-11-4-2-1-3-5-11/h1-8H,9-10H2,(H,19,21)(H,20,22). The summed E-state index contributed by atoms with van der Waals surface area (Å²) < 4.78 is 26.1. The molecule has 2 aromatic rings. The lowest BCUT2D eigenvalue weighted by Gasteiger charge is -2.07. The number of hydrogen-bond donors (Lipinski definition) is 2. The third-order valence-corrected chi connectivity index (χ3v) is 2.86. The van der Waals surface area contributed by atoms with Gasteiger partial charge in [0.15, 0.2) is 0 Å². The fourth-order valence-electron chi connectivity index (χ4n) is 1.79. The van der Waals surface area contributed by atoms with E-state index in [1.54, 1.807) is 0 Å². The Morgan fingerprint density at radius 3 is 2.36 bits per heavy atom. The molecule has 0 bridgehead atoms. The number of rotatable bonds is 5. The van der Waals surface area contributed by atoms with Gasteiger partial charge in [0.25, 0.3) is 0 Å². The Morgan fingerprint density at radius 1 is 0.955 bits per heavy atom. The SMILES string of the molecule is O=C(CC(=O)Nc1ccc(F)cc1F)NCc1ccccc1. The van der Waals surface area contributed by atoms with Crippen LogP contribution in [0, 0.1) is 11.6 Å². The molecule has 0 fully saturated rings. The van der Waals surface area contributed by atoms with Crippen LogP contribution in [0.4, 0.5) is 14.5 Å². The van der Waals surface area contributed by atoms with E-state index in [0.717, 1.165) is 17.7 Å². The normalized spacial score (nSPS) is 10.1. The molecule has 6 heteroatoms. The highest BCUT2D eigenvalue weighted by molar-refractivity contribution is 6.03. The Morgan fingerprint density at radius 2 is 1.68 bits per heavy atom. The minimum Gasteiger partial charge on any atom is -0.352 e. The van der Waals surface area contributed by atoms with Crippen molar-refractivity contribution in [3.63, 3.8) is 0 Å². The van der Waals surface area contributed by atoms with Gasteiger partial charge in [-0.1, -0.05) is 30.3 Å². The highest BCUT2D eigenvalue weighted by atomic mass is 19.1. The van der Waals surface area contributed by atoms with Gasteiger partial charge in [0.2, 0.25) is 11.8 Å². The van der Waals surface area contributed by atoms with Gasteiger partial charge < -0.3 is 10.6 Å². The summed E-state index contributed by atoms with van der Waals surface area (Å²) in [4.78, 5) is 23.3. The Hall–Kier alpha value is -2.76. The largest absolute Gasteiger partial charge is 0.352 e. The van der Waals surface area contributed by atoms with E-state index in [0.29, 0.717) is 12.6 Å². The van der Waals surface area contributed by atoms with E-state index >= 15 is 0 Å². The summed E-state index contributed by atoms with van der Waals surface area (Å²) in [6, 6.07) is 12.0. The van der Waals surface area contributed by atoms with Crippen molar-refractivity contribution in [2.45, 2.75) is 13.0 Å². The van der Waals surface area contributed by atoms with Gasteiger partial charge in [-0.05, 0) is 17.7 Å². The predicted molar refractivity (Wildman–Crippen MR) is 77.9 cm³/mol. The quantitative estimate of drug-likeness (QED) is 0.834. The molecule has 2 rings (SSSR count). The number of carbonyl (C=O) groups excluding carboxylic acids is 2. The Balaban J connectivity index is 1.82. The fourth-order valence-corrected chi connectivity index (χ4v) is 1.79. The molecular formula is C16H14F2N2O2. The molecular weight excluding hydrogens is 290 g/mol. The maximum absolute atomic E-state index is 13.4. The van der Waals surface area contributed by atoms with Crippen molar-refractivity contribution < 1.29 is 18.4 Å². The van der Waals surface area contributed by atoms with Crippen LogP contribution in [0.15, 0.2) is 48.5 Å². The van der Waals surface area contributed by atoms with Crippen LogP contribution in [0.3, 0.4) is 0 Å². The molecule has 0 aromatic heterocycles. The molecule has 0 saturated carbocycles. The fraction of sp³-hybridized carbons (Fsp3) is 0.125. The van der Waals surface area contributed by atoms with E-state index in [2.05, 4.69) is 10.6 Å². The minimum absolute atomic E-state index is 0.165. The number of hydrogen-bond acceptors (Lipinski definition) is 2. The second-order valence-corrected chi connectivity index (χ2v) is 4.61. The van der Waals surface area contributed by atoms with E-state index < -0.39 is 29.9 Å². The van der Waals surface area contributed by atoms with Crippen molar-refractivity contribution in [1.82, 2.24) is 5.32 Å². The first-order valence-corrected chi connectivity index (χ1v) is 6.60. The Bertz CT molecular complexity index is 675. The number of nitrogens with one attached hydrogen (secondary N) is 2. The monoisotopic (exact) mass is 304 g/mol. The lowest BCUT2D eigenvalue weighted by atomic mass is 10.2. The van der Waals surface area contributed by atoms with Gasteiger partial charge in [0.05, 0.1) is 5.69 Å². The van der Waals surface area contributed by atoms with E-state index in [4.69, 9.17) is 0 Å². The number of anilines is 1. The molecule has 4 nitrogen and oxygen atoms in total. The molecule has 2 amide bonds.